The minimum absolute atomic E-state index is 0.894. The van der Waals surface area contributed by atoms with Gasteiger partial charge in [-0.1, -0.05) is 0 Å². The van der Waals surface area contributed by atoms with Crippen LogP contribution in [0.5, 0.6) is 11.5 Å². The maximum absolute atomic E-state index is 5.57. The molecule has 0 N–H and O–H groups in total. The minimum atomic E-state index is -1.35. The summed E-state index contributed by atoms with van der Waals surface area (Å²) < 4.78 is 11.1. The third kappa shape index (κ3) is 3.52. The van der Waals surface area contributed by atoms with Gasteiger partial charge in [-0.15, -0.1) is 0 Å². The van der Waals surface area contributed by atoms with E-state index in [9.17, 15) is 0 Å². The Morgan fingerprint density at radius 1 is 0.600 bits per heavy atom. The van der Waals surface area contributed by atoms with Gasteiger partial charge in [-0.25, -0.2) is 0 Å². The van der Waals surface area contributed by atoms with E-state index < -0.39 is 24.1 Å². The third-order valence-electron chi connectivity index (χ3n) is 1.77. The van der Waals surface area contributed by atoms with Crippen molar-refractivity contribution < 1.29 is 5.63 Å². The van der Waals surface area contributed by atoms with Crippen molar-refractivity contribution >= 4 is 24.1 Å². The summed E-state index contributed by atoms with van der Waals surface area (Å²) in [5.41, 5.74) is 0. The standard InChI is InChI=1S/2C6H6O.Bi/c2*7-6-4-2-1-3-5-6;/h2*1-5,7H;/q;;+3/p-2. The van der Waals surface area contributed by atoms with Gasteiger partial charge in [0.25, 0.3) is 0 Å². The molecule has 0 spiro atoms. The van der Waals surface area contributed by atoms with E-state index in [0.717, 1.165) is 11.5 Å². The van der Waals surface area contributed by atoms with Crippen molar-refractivity contribution in [3.8, 4) is 11.5 Å². The second-order valence-corrected chi connectivity index (χ2v) is 4.88. The Morgan fingerprint density at radius 3 is 1.40 bits per heavy atom. The van der Waals surface area contributed by atoms with Crippen molar-refractivity contribution in [1.29, 1.82) is 0 Å². The monoisotopic (exact) mass is 395 g/mol. The van der Waals surface area contributed by atoms with Crippen LogP contribution in [0.3, 0.4) is 0 Å². The van der Waals surface area contributed by atoms with Crippen LogP contribution in [0.1, 0.15) is 0 Å². The topological polar surface area (TPSA) is 18.5 Å². The van der Waals surface area contributed by atoms with Gasteiger partial charge in [0.15, 0.2) is 0 Å². The first-order chi connectivity index (χ1) is 7.45. The van der Waals surface area contributed by atoms with Crippen LogP contribution in [-0.2, 0) is 0 Å². The number of hydrogen-bond donors (Lipinski definition) is 0. The molecule has 0 aliphatic carbocycles. The van der Waals surface area contributed by atoms with Crippen LogP contribution < -0.4 is 5.63 Å². The summed E-state index contributed by atoms with van der Waals surface area (Å²) in [4.78, 5) is 0. The Hall–Kier alpha value is -1.08. The first kappa shape index (κ1) is 10.4. The molecule has 74 valence electrons. The molecule has 0 aliphatic heterocycles. The second-order valence-electron chi connectivity index (χ2n) is 2.88. The fraction of sp³-hybridized carbons (Fsp3) is 0. The van der Waals surface area contributed by atoms with Crippen LogP contribution in [0.25, 0.3) is 0 Å². The summed E-state index contributed by atoms with van der Waals surface area (Å²) in [6.07, 6.45) is 0. The average Bonchev–Trinajstić information content (AvgIpc) is 2.32. The summed E-state index contributed by atoms with van der Waals surface area (Å²) in [6.45, 7) is 0. The van der Waals surface area contributed by atoms with Crippen molar-refractivity contribution in [3.63, 3.8) is 0 Å². The molecule has 0 aromatic heterocycles. The molecule has 2 rings (SSSR count). The van der Waals surface area contributed by atoms with E-state index in [1.54, 1.807) is 0 Å². The van der Waals surface area contributed by atoms with Crippen molar-refractivity contribution in [3.05, 3.63) is 60.7 Å². The zero-order chi connectivity index (χ0) is 10.3. The molecule has 2 aromatic carbocycles. The molecule has 0 unspecified atom stereocenters. The van der Waals surface area contributed by atoms with E-state index in [1.807, 2.05) is 60.7 Å². The number of hydrogen-bond acceptors (Lipinski definition) is 2. The number of para-hydroxylation sites is 2. The van der Waals surface area contributed by atoms with E-state index in [0.29, 0.717) is 0 Å². The molecule has 15 heavy (non-hydrogen) atoms. The van der Waals surface area contributed by atoms with Crippen molar-refractivity contribution in [2.75, 3.05) is 0 Å². The predicted octanol–water partition coefficient (Wildman–Crippen LogP) is 2.68. The van der Waals surface area contributed by atoms with Gasteiger partial charge >= 0.3 is 102 Å². The summed E-state index contributed by atoms with van der Waals surface area (Å²) >= 11 is -1.35. The molecule has 0 saturated carbocycles. The van der Waals surface area contributed by atoms with Crippen LogP contribution in [0.15, 0.2) is 60.7 Å². The summed E-state index contributed by atoms with van der Waals surface area (Å²) in [6, 6.07) is 19.5. The molecule has 0 bridgehead atoms. The van der Waals surface area contributed by atoms with Gasteiger partial charge in [0.2, 0.25) is 0 Å². The third-order valence-corrected chi connectivity index (χ3v) is 3.99. The Morgan fingerprint density at radius 2 is 1.00 bits per heavy atom. The van der Waals surface area contributed by atoms with Gasteiger partial charge in [-0.05, 0) is 0 Å². The first-order valence-corrected chi connectivity index (χ1v) is 7.43. The van der Waals surface area contributed by atoms with E-state index >= 15 is 0 Å². The SMILES string of the molecule is c1ccc([O][Bi+][O]c2ccccc2)cc1. The van der Waals surface area contributed by atoms with Crippen LogP contribution in [-0.4, -0.2) is 24.1 Å². The molecule has 3 heteroatoms. The summed E-state index contributed by atoms with van der Waals surface area (Å²) in [5, 5.41) is 0. The van der Waals surface area contributed by atoms with Crippen molar-refractivity contribution in [2.45, 2.75) is 0 Å². The molecule has 0 heterocycles. The Labute approximate surface area is 102 Å². The second kappa shape index (κ2) is 5.72. The average molecular weight is 395 g/mol. The molecule has 2 aromatic rings. The van der Waals surface area contributed by atoms with Gasteiger partial charge in [-0.2, -0.15) is 0 Å². The van der Waals surface area contributed by atoms with Gasteiger partial charge in [-0.3, -0.25) is 0 Å². The summed E-state index contributed by atoms with van der Waals surface area (Å²) in [5.74, 6) is 1.79. The fourth-order valence-corrected chi connectivity index (χ4v) is 2.83. The molecule has 0 fully saturated rings. The van der Waals surface area contributed by atoms with Gasteiger partial charge in [0, 0.05) is 0 Å². The van der Waals surface area contributed by atoms with E-state index in [4.69, 9.17) is 5.63 Å². The quantitative estimate of drug-likeness (QED) is 0.742. The molecule has 0 atom stereocenters. The van der Waals surface area contributed by atoms with Crippen LogP contribution in [0.4, 0.5) is 0 Å². The van der Waals surface area contributed by atoms with Gasteiger partial charge < -0.3 is 0 Å². The Balaban J connectivity index is 1.81. The molecule has 2 nitrogen and oxygen atoms in total. The van der Waals surface area contributed by atoms with E-state index in [1.165, 1.54) is 0 Å². The normalized spacial score (nSPS) is 9.60. The number of benzene rings is 2. The molecular weight excluding hydrogens is 385 g/mol. The number of rotatable bonds is 4. The summed E-state index contributed by atoms with van der Waals surface area (Å²) in [7, 11) is 0. The molecule has 0 amide bonds. The van der Waals surface area contributed by atoms with Crippen LogP contribution >= 0.6 is 0 Å². The van der Waals surface area contributed by atoms with Gasteiger partial charge in [0.05, 0.1) is 0 Å². The maximum atomic E-state index is 5.57. The van der Waals surface area contributed by atoms with Crippen LogP contribution in [0, 0.1) is 0 Å². The molecule has 0 aliphatic rings. The van der Waals surface area contributed by atoms with Gasteiger partial charge in [0.1, 0.15) is 0 Å². The first-order valence-electron chi connectivity index (χ1n) is 4.59. The molecule has 0 saturated heterocycles. The molecule has 2 radical (unpaired) electrons. The molecular formula is C12H10BiO2+. The fourth-order valence-electron chi connectivity index (χ4n) is 1.07. The Bertz CT molecular complexity index is 349. The predicted molar refractivity (Wildman–Crippen MR) is 59.9 cm³/mol. The van der Waals surface area contributed by atoms with E-state index in [-0.39, 0.29) is 0 Å². The van der Waals surface area contributed by atoms with Crippen molar-refractivity contribution in [1.82, 2.24) is 0 Å². The zero-order valence-electron chi connectivity index (χ0n) is 8.04. The zero-order valence-corrected chi connectivity index (χ0v) is 11.5. The van der Waals surface area contributed by atoms with Crippen LogP contribution in [0.2, 0.25) is 0 Å². The van der Waals surface area contributed by atoms with E-state index in [2.05, 4.69) is 0 Å². The Kier molecular flexibility index (Phi) is 3.98. The van der Waals surface area contributed by atoms with Crippen molar-refractivity contribution in [2.24, 2.45) is 0 Å².